The lowest BCUT2D eigenvalue weighted by molar-refractivity contribution is 0.100. The van der Waals surface area contributed by atoms with Crippen molar-refractivity contribution in [1.29, 1.82) is 0 Å². The number of rotatable bonds is 4. The fraction of sp³-hybridized carbons (Fsp3) is 0.0588. The van der Waals surface area contributed by atoms with E-state index < -0.39 is 0 Å². The highest BCUT2D eigenvalue weighted by molar-refractivity contribution is 9.10. The Labute approximate surface area is 155 Å². The maximum absolute atomic E-state index is 11.9. The third-order valence-electron chi connectivity index (χ3n) is 3.55. The number of nitrogens with zero attached hydrogens (tertiary/aromatic N) is 4. The highest BCUT2D eigenvalue weighted by Crippen LogP contribution is 2.29. The van der Waals surface area contributed by atoms with Gasteiger partial charge in [0.15, 0.2) is 10.8 Å². The van der Waals surface area contributed by atoms with E-state index in [2.05, 4.69) is 36.5 Å². The number of fused-ring (bicyclic) bond motifs is 1. The molecule has 0 fully saturated rings. The second-order valence-corrected chi connectivity index (χ2v) is 7.29. The van der Waals surface area contributed by atoms with Gasteiger partial charge >= 0.3 is 0 Å². The van der Waals surface area contributed by atoms with Crippen LogP contribution < -0.4 is 5.43 Å². The van der Waals surface area contributed by atoms with Crippen molar-refractivity contribution in [2.75, 3.05) is 5.43 Å². The summed E-state index contributed by atoms with van der Waals surface area (Å²) in [6, 6.07) is 15.5. The number of hydrogen-bond acceptors (Lipinski definition) is 6. The van der Waals surface area contributed by atoms with Crippen LogP contribution in [0.1, 0.15) is 17.5 Å². The molecule has 1 N–H and O–H groups in total. The molecular weight excluding hydrogens is 402 g/mol. The third kappa shape index (κ3) is 3.06. The normalized spacial score (nSPS) is 11.0. The number of anilines is 1. The molecule has 2 aromatic carbocycles. The van der Waals surface area contributed by atoms with Crippen LogP contribution in [0.5, 0.6) is 0 Å². The molecule has 0 atom stereocenters. The number of ketones is 1. The number of hydrogen-bond donors (Lipinski definition) is 1. The van der Waals surface area contributed by atoms with E-state index in [1.807, 2.05) is 48.5 Å². The first kappa shape index (κ1) is 15.9. The van der Waals surface area contributed by atoms with E-state index >= 15 is 0 Å². The van der Waals surface area contributed by atoms with Gasteiger partial charge in [0.2, 0.25) is 11.6 Å². The maximum Gasteiger partial charge on any atom is 0.219 e. The summed E-state index contributed by atoms with van der Waals surface area (Å²) in [5.74, 6) is 0.566. The van der Waals surface area contributed by atoms with Crippen LogP contribution in [0.25, 0.3) is 21.0 Å². The first-order valence-corrected chi connectivity index (χ1v) is 9.07. The third-order valence-corrected chi connectivity index (χ3v) is 5.11. The summed E-state index contributed by atoms with van der Waals surface area (Å²) in [6.45, 7) is 1.46. The van der Waals surface area contributed by atoms with Gasteiger partial charge in [-0.05, 0) is 36.4 Å². The van der Waals surface area contributed by atoms with Gasteiger partial charge in [-0.1, -0.05) is 28.1 Å². The van der Waals surface area contributed by atoms with Gasteiger partial charge < -0.3 is 0 Å². The highest BCUT2D eigenvalue weighted by atomic mass is 79.9. The molecule has 0 saturated heterocycles. The van der Waals surface area contributed by atoms with E-state index in [1.54, 1.807) is 4.68 Å². The zero-order valence-electron chi connectivity index (χ0n) is 13.1. The quantitative estimate of drug-likeness (QED) is 0.502. The van der Waals surface area contributed by atoms with Gasteiger partial charge in [0.25, 0.3) is 0 Å². The predicted octanol–water partition coefficient (Wildman–Crippen LogP) is 4.40. The van der Waals surface area contributed by atoms with Crippen LogP contribution in [-0.2, 0) is 0 Å². The molecule has 0 spiro atoms. The van der Waals surface area contributed by atoms with Gasteiger partial charge in [-0.15, -0.1) is 21.5 Å². The van der Waals surface area contributed by atoms with Crippen LogP contribution in [-0.4, -0.2) is 25.6 Å². The molecule has 6 nitrogen and oxygen atoms in total. The van der Waals surface area contributed by atoms with Crippen molar-refractivity contribution >= 4 is 49.0 Å². The summed E-state index contributed by atoms with van der Waals surface area (Å²) in [4.78, 5) is 16.5. The van der Waals surface area contributed by atoms with E-state index in [0.29, 0.717) is 10.8 Å². The van der Waals surface area contributed by atoms with Gasteiger partial charge in [0.05, 0.1) is 15.9 Å². The Morgan fingerprint density at radius 2 is 1.88 bits per heavy atom. The average Bonchev–Trinajstić information content (AvgIpc) is 3.20. The first-order valence-electron chi connectivity index (χ1n) is 7.47. The van der Waals surface area contributed by atoms with E-state index in [1.165, 1.54) is 18.3 Å². The van der Waals surface area contributed by atoms with Gasteiger partial charge in [0.1, 0.15) is 0 Å². The maximum atomic E-state index is 11.9. The summed E-state index contributed by atoms with van der Waals surface area (Å²) >= 11 is 4.92. The predicted molar refractivity (Wildman–Crippen MR) is 102 cm³/mol. The minimum Gasteiger partial charge on any atom is -0.291 e. The molecular formula is C17H12BrN5OS. The van der Waals surface area contributed by atoms with E-state index in [9.17, 15) is 4.79 Å². The van der Waals surface area contributed by atoms with Crippen molar-refractivity contribution in [3.8, 4) is 10.8 Å². The lowest BCUT2D eigenvalue weighted by atomic mass is 10.3. The molecule has 0 saturated carbocycles. The Bertz CT molecular complexity index is 1040. The number of para-hydroxylation sites is 1. The monoisotopic (exact) mass is 413 g/mol. The van der Waals surface area contributed by atoms with Crippen LogP contribution >= 0.6 is 27.3 Å². The SMILES string of the molecule is CC(=O)c1nnc(-c2nc3ccccc3s2)n1Nc1ccc(Br)cc1. The molecule has 124 valence electrons. The Morgan fingerprint density at radius 3 is 2.60 bits per heavy atom. The molecule has 0 amide bonds. The number of halogens is 1. The number of benzene rings is 2. The summed E-state index contributed by atoms with van der Waals surface area (Å²) < 4.78 is 3.61. The van der Waals surface area contributed by atoms with Gasteiger partial charge in [-0.25, -0.2) is 9.66 Å². The average molecular weight is 414 g/mol. The van der Waals surface area contributed by atoms with Crippen LogP contribution in [0.3, 0.4) is 0 Å². The van der Waals surface area contributed by atoms with Crippen molar-refractivity contribution in [2.24, 2.45) is 0 Å². The molecule has 0 aliphatic rings. The lowest BCUT2D eigenvalue weighted by Crippen LogP contribution is -2.16. The van der Waals surface area contributed by atoms with E-state index in [-0.39, 0.29) is 11.6 Å². The zero-order chi connectivity index (χ0) is 17.4. The number of thiazole rings is 1. The topological polar surface area (TPSA) is 72.7 Å². The van der Waals surface area contributed by atoms with Crippen LogP contribution in [0.15, 0.2) is 53.0 Å². The van der Waals surface area contributed by atoms with Crippen molar-refractivity contribution in [3.63, 3.8) is 0 Å². The fourth-order valence-electron chi connectivity index (χ4n) is 2.38. The number of aromatic nitrogens is 4. The largest absolute Gasteiger partial charge is 0.291 e. The number of carbonyl (C=O) groups excluding carboxylic acids is 1. The van der Waals surface area contributed by atoms with Crippen molar-refractivity contribution < 1.29 is 4.79 Å². The van der Waals surface area contributed by atoms with Crippen molar-refractivity contribution in [1.82, 2.24) is 19.9 Å². The van der Waals surface area contributed by atoms with Crippen LogP contribution in [0.2, 0.25) is 0 Å². The van der Waals surface area contributed by atoms with Crippen molar-refractivity contribution in [2.45, 2.75) is 6.92 Å². The van der Waals surface area contributed by atoms with E-state index in [4.69, 9.17) is 0 Å². The number of carbonyl (C=O) groups is 1. The molecule has 8 heteroatoms. The molecule has 4 rings (SSSR count). The fourth-order valence-corrected chi connectivity index (χ4v) is 3.58. The minimum absolute atomic E-state index is 0.176. The summed E-state index contributed by atoms with van der Waals surface area (Å²) in [5, 5.41) is 8.92. The lowest BCUT2D eigenvalue weighted by Gasteiger charge is -2.11. The molecule has 0 aliphatic heterocycles. The number of nitrogens with one attached hydrogen (secondary N) is 1. The summed E-state index contributed by atoms with van der Waals surface area (Å²) in [6.07, 6.45) is 0. The molecule has 2 heterocycles. The molecule has 2 aromatic heterocycles. The molecule has 0 radical (unpaired) electrons. The molecule has 0 bridgehead atoms. The first-order chi connectivity index (χ1) is 12.1. The Balaban J connectivity index is 1.82. The van der Waals surface area contributed by atoms with E-state index in [0.717, 1.165) is 20.4 Å². The molecule has 4 aromatic rings. The number of Topliss-reactive ketones (excluding diaryl/α,β-unsaturated/α-hetero) is 1. The Hall–Kier alpha value is -2.58. The second kappa shape index (κ2) is 6.38. The minimum atomic E-state index is -0.176. The standard InChI is InChI=1S/C17H12BrN5OS/c1-10(24)15-20-21-16(17-19-13-4-2-3-5-14(13)25-17)23(15)22-12-8-6-11(18)7-9-12/h2-9,22H,1H3. The van der Waals surface area contributed by atoms with Gasteiger partial charge in [0, 0.05) is 11.4 Å². The summed E-state index contributed by atoms with van der Waals surface area (Å²) in [7, 11) is 0. The zero-order valence-corrected chi connectivity index (χ0v) is 15.5. The second-order valence-electron chi connectivity index (χ2n) is 5.34. The smallest absolute Gasteiger partial charge is 0.219 e. The van der Waals surface area contributed by atoms with Crippen LogP contribution in [0.4, 0.5) is 5.69 Å². The highest BCUT2D eigenvalue weighted by Gasteiger charge is 2.20. The Kier molecular flexibility index (Phi) is 4.06. The van der Waals surface area contributed by atoms with Gasteiger partial charge in [-0.2, -0.15) is 0 Å². The Morgan fingerprint density at radius 1 is 1.12 bits per heavy atom. The molecule has 0 unspecified atom stereocenters. The summed E-state index contributed by atoms with van der Waals surface area (Å²) in [5.41, 5.74) is 4.90. The van der Waals surface area contributed by atoms with Crippen LogP contribution in [0, 0.1) is 0 Å². The molecule has 0 aliphatic carbocycles. The van der Waals surface area contributed by atoms with Crippen molar-refractivity contribution in [3.05, 3.63) is 58.8 Å². The molecule has 25 heavy (non-hydrogen) atoms. The van der Waals surface area contributed by atoms with Gasteiger partial charge in [-0.3, -0.25) is 10.2 Å².